The summed E-state index contributed by atoms with van der Waals surface area (Å²) in [6.45, 7) is 0. The van der Waals surface area contributed by atoms with Crippen molar-refractivity contribution >= 4 is 5.69 Å². The summed E-state index contributed by atoms with van der Waals surface area (Å²) in [5.74, 6) is 0.962. The Balaban J connectivity index is 2.05. The number of nitro groups is 1. The minimum Gasteiger partial charge on any atom is -0.448 e. The molecule has 2 aromatic rings. The van der Waals surface area contributed by atoms with E-state index < -0.39 is 26.1 Å². The molecule has 2 aromatic carbocycles. The Morgan fingerprint density at radius 1 is 1.11 bits per heavy atom. The van der Waals surface area contributed by atoms with E-state index >= 15 is 0 Å². The van der Waals surface area contributed by atoms with Gasteiger partial charge in [-0.15, -0.1) is 0 Å². The molecule has 90 valence electrons. The number of nitro benzene ring substituents is 1. The molecule has 0 fully saturated rings. The maximum absolute atomic E-state index is 13.1. The fourth-order valence-corrected chi connectivity index (χ4v) is 4.29. The molecule has 0 amide bonds. The molecule has 0 spiro atoms. The van der Waals surface area contributed by atoms with Gasteiger partial charge in [0, 0.05) is 12.1 Å². The predicted octanol–water partition coefficient (Wildman–Crippen LogP) is -0.0320. The molecule has 0 saturated heterocycles. The van der Waals surface area contributed by atoms with Gasteiger partial charge in [0.25, 0.3) is 5.69 Å². The van der Waals surface area contributed by atoms with E-state index in [1.54, 1.807) is 12.1 Å². The molecule has 18 heavy (non-hydrogen) atoms. The number of fused-ring (bicyclic) bond motifs is 2. The van der Waals surface area contributed by atoms with Crippen LogP contribution in [0.5, 0.6) is 11.5 Å². The van der Waals surface area contributed by atoms with Crippen LogP contribution in [0.1, 0.15) is 0 Å². The van der Waals surface area contributed by atoms with Crippen molar-refractivity contribution in [1.82, 2.24) is 0 Å². The van der Waals surface area contributed by atoms with Gasteiger partial charge in [-0.25, -0.2) is 4.39 Å². The first kappa shape index (κ1) is 11.4. The molecule has 1 aliphatic rings. The van der Waals surface area contributed by atoms with Crippen molar-refractivity contribution in [3.63, 3.8) is 0 Å². The summed E-state index contributed by atoms with van der Waals surface area (Å²) in [6, 6.07) is 8.89. The second-order valence-electron chi connectivity index (χ2n) is 3.64. The van der Waals surface area contributed by atoms with Crippen LogP contribution in [-0.2, 0) is 0 Å². The van der Waals surface area contributed by atoms with Gasteiger partial charge < -0.3 is 4.74 Å². The quantitative estimate of drug-likeness (QED) is 0.349. The fourth-order valence-electron chi connectivity index (χ4n) is 1.62. The SMILES string of the molecule is O=[N+]([O-])c1ccc2c(c1)[I+]c1cc(F)ccc1O2. The molecule has 0 radical (unpaired) electrons. The largest absolute Gasteiger partial charge is 0.448 e. The Bertz CT molecular complexity index is 660. The van der Waals surface area contributed by atoms with Gasteiger partial charge >= 0.3 is 21.2 Å². The number of ether oxygens (including phenoxy) is 1. The first-order chi connectivity index (χ1) is 8.63. The summed E-state index contributed by atoms with van der Waals surface area (Å²) in [7, 11) is 0. The normalized spacial score (nSPS) is 12.3. The zero-order valence-corrected chi connectivity index (χ0v) is 11.0. The Morgan fingerprint density at radius 2 is 1.78 bits per heavy atom. The predicted molar refractivity (Wildman–Crippen MR) is 57.0 cm³/mol. The molecule has 0 N–H and O–H groups in total. The van der Waals surface area contributed by atoms with Crippen molar-refractivity contribution in [3.05, 3.63) is 59.5 Å². The van der Waals surface area contributed by atoms with Crippen molar-refractivity contribution in [2.24, 2.45) is 0 Å². The minimum atomic E-state index is -0.653. The Hall–Kier alpha value is -1.70. The molecule has 4 nitrogen and oxygen atoms in total. The summed E-state index contributed by atoms with van der Waals surface area (Å²) in [6.07, 6.45) is 0. The van der Waals surface area contributed by atoms with Gasteiger partial charge in [-0.1, -0.05) is 0 Å². The maximum atomic E-state index is 13.1. The Morgan fingerprint density at radius 3 is 2.50 bits per heavy atom. The molecule has 0 unspecified atom stereocenters. The number of benzene rings is 2. The fraction of sp³-hybridized carbons (Fsp3) is 0. The number of hydrogen-bond acceptors (Lipinski definition) is 3. The second-order valence-corrected chi connectivity index (χ2v) is 6.51. The van der Waals surface area contributed by atoms with E-state index in [4.69, 9.17) is 4.74 Å². The van der Waals surface area contributed by atoms with Crippen LogP contribution in [0.15, 0.2) is 36.4 Å². The van der Waals surface area contributed by atoms with Gasteiger partial charge in [0.1, 0.15) is 5.82 Å². The highest BCUT2D eigenvalue weighted by Gasteiger charge is 2.33. The number of non-ortho nitro benzene ring substituents is 1. The van der Waals surface area contributed by atoms with Crippen LogP contribution >= 0.6 is 0 Å². The van der Waals surface area contributed by atoms with E-state index in [0.29, 0.717) is 11.5 Å². The van der Waals surface area contributed by atoms with Gasteiger partial charge in [0.05, 0.1) is 11.0 Å². The molecule has 0 atom stereocenters. The lowest BCUT2D eigenvalue weighted by Gasteiger charge is -2.10. The number of hydrogen-bond donors (Lipinski definition) is 0. The van der Waals surface area contributed by atoms with Crippen LogP contribution in [0, 0.1) is 23.1 Å². The van der Waals surface area contributed by atoms with Gasteiger partial charge in [-0.05, 0) is 18.2 Å². The van der Waals surface area contributed by atoms with E-state index in [-0.39, 0.29) is 11.5 Å². The molecular formula is C12H6FINO3+. The van der Waals surface area contributed by atoms with Crippen molar-refractivity contribution < 1.29 is 35.3 Å². The van der Waals surface area contributed by atoms with Crippen LogP contribution in [-0.4, -0.2) is 4.92 Å². The first-order valence-corrected chi connectivity index (χ1v) is 7.20. The highest BCUT2D eigenvalue weighted by atomic mass is 127. The molecule has 0 aliphatic carbocycles. The number of rotatable bonds is 1. The smallest absolute Gasteiger partial charge is 0.366 e. The van der Waals surface area contributed by atoms with Crippen molar-refractivity contribution in [3.8, 4) is 11.5 Å². The Labute approximate surface area is 112 Å². The summed E-state index contributed by atoms with van der Waals surface area (Å²) in [4.78, 5) is 10.3. The summed E-state index contributed by atoms with van der Waals surface area (Å²) < 4.78 is 20.4. The summed E-state index contributed by atoms with van der Waals surface area (Å²) in [5.41, 5.74) is 0.0388. The summed E-state index contributed by atoms with van der Waals surface area (Å²) >= 11 is -0.653. The maximum Gasteiger partial charge on any atom is 0.366 e. The zero-order chi connectivity index (χ0) is 12.7. The van der Waals surface area contributed by atoms with Crippen molar-refractivity contribution in [2.45, 2.75) is 0 Å². The lowest BCUT2D eigenvalue weighted by Crippen LogP contribution is -3.61. The van der Waals surface area contributed by atoms with E-state index in [0.717, 1.165) is 7.14 Å². The first-order valence-electron chi connectivity index (χ1n) is 5.04. The molecule has 1 aliphatic heterocycles. The third-order valence-corrected chi connectivity index (χ3v) is 5.29. The Kier molecular flexibility index (Phi) is 2.66. The molecular weight excluding hydrogens is 352 g/mol. The standard InChI is InChI=1S/C12H6FINO3/c13-7-1-3-11-9(5-7)14-10-6-8(15(16)17)2-4-12(10)18-11/h1-6H/q+1. The van der Waals surface area contributed by atoms with E-state index in [9.17, 15) is 14.5 Å². The lowest BCUT2D eigenvalue weighted by atomic mass is 10.3. The van der Waals surface area contributed by atoms with Crippen molar-refractivity contribution in [1.29, 1.82) is 0 Å². The van der Waals surface area contributed by atoms with E-state index in [1.165, 1.54) is 24.3 Å². The summed E-state index contributed by atoms with van der Waals surface area (Å²) in [5, 5.41) is 10.7. The number of nitrogens with zero attached hydrogens (tertiary/aromatic N) is 1. The van der Waals surface area contributed by atoms with E-state index in [1.807, 2.05) is 0 Å². The topological polar surface area (TPSA) is 52.4 Å². The second kappa shape index (κ2) is 4.20. The molecule has 0 bridgehead atoms. The minimum absolute atomic E-state index is 0.0388. The third-order valence-electron chi connectivity index (χ3n) is 2.44. The van der Waals surface area contributed by atoms with Crippen LogP contribution < -0.4 is 25.9 Å². The van der Waals surface area contributed by atoms with Crippen LogP contribution in [0.25, 0.3) is 0 Å². The monoisotopic (exact) mass is 358 g/mol. The van der Waals surface area contributed by atoms with Gasteiger partial charge in [0.2, 0.25) is 7.14 Å². The van der Waals surface area contributed by atoms with Crippen molar-refractivity contribution in [2.75, 3.05) is 0 Å². The van der Waals surface area contributed by atoms with Crippen LogP contribution in [0.4, 0.5) is 10.1 Å². The highest BCUT2D eigenvalue weighted by molar-refractivity contribution is 5.39. The molecule has 1 heterocycles. The van der Waals surface area contributed by atoms with Gasteiger partial charge in [-0.3, -0.25) is 10.1 Å². The molecule has 0 saturated carbocycles. The average Bonchev–Trinajstić information content (AvgIpc) is 2.35. The van der Waals surface area contributed by atoms with Crippen LogP contribution in [0.2, 0.25) is 0 Å². The highest BCUT2D eigenvalue weighted by Crippen LogP contribution is 2.26. The third kappa shape index (κ3) is 1.92. The zero-order valence-electron chi connectivity index (χ0n) is 8.89. The van der Waals surface area contributed by atoms with Crippen LogP contribution in [0.3, 0.4) is 0 Å². The lowest BCUT2D eigenvalue weighted by molar-refractivity contribution is -0.603. The average molecular weight is 358 g/mol. The van der Waals surface area contributed by atoms with Gasteiger partial charge in [0.15, 0.2) is 11.5 Å². The molecule has 6 heteroatoms. The molecule has 0 aromatic heterocycles. The number of halogens is 2. The molecule has 3 rings (SSSR count). The van der Waals surface area contributed by atoms with E-state index in [2.05, 4.69) is 0 Å². The van der Waals surface area contributed by atoms with Gasteiger partial charge in [-0.2, -0.15) is 0 Å².